The van der Waals surface area contributed by atoms with E-state index in [0.717, 1.165) is 12.8 Å². The number of carbonyl (C=O) groups excluding carboxylic acids is 1. The van der Waals surface area contributed by atoms with E-state index >= 15 is 0 Å². The van der Waals surface area contributed by atoms with Crippen molar-refractivity contribution in [2.24, 2.45) is 0 Å². The molecule has 0 radical (unpaired) electrons. The number of carbonyl (C=O) groups is 1. The van der Waals surface area contributed by atoms with Crippen LogP contribution in [0.5, 0.6) is 5.75 Å². The Morgan fingerprint density at radius 1 is 1.44 bits per heavy atom. The van der Waals surface area contributed by atoms with Gasteiger partial charge in [-0.1, -0.05) is 12.8 Å². The number of nitrogens with zero attached hydrogens (tertiary/aromatic N) is 1. The Bertz CT molecular complexity index is 439. The lowest BCUT2D eigenvalue weighted by molar-refractivity contribution is 0.0694. The molecule has 2 rings (SSSR count). The van der Waals surface area contributed by atoms with Crippen molar-refractivity contribution in [1.29, 1.82) is 0 Å². The molecular weight excluding hydrogens is 228 g/mol. The summed E-state index contributed by atoms with van der Waals surface area (Å²) in [4.78, 5) is 14.3. The summed E-state index contributed by atoms with van der Waals surface area (Å²) < 4.78 is 0. The SMILES string of the molecule is CCN(C(=O)c1cc(O)ccc1N)C1CCCC1. The topological polar surface area (TPSA) is 66.6 Å². The number of phenolic OH excluding ortho intramolecular Hbond substituents is 1. The van der Waals surface area contributed by atoms with E-state index in [1.54, 1.807) is 6.07 Å². The van der Waals surface area contributed by atoms with Crippen LogP contribution in [0.25, 0.3) is 0 Å². The molecule has 98 valence electrons. The van der Waals surface area contributed by atoms with Crippen molar-refractivity contribution in [3.05, 3.63) is 23.8 Å². The Morgan fingerprint density at radius 3 is 2.72 bits per heavy atom. The first kappa shape index (κ1) is 12.7. The van der Waals surface area contributed by atoms with Crippen molar-refractivity contribution in [2.75, 3.05) is 12.3 Å². The van der Waals surface area contributed by atoms with Gasteiger partial charge in [-0.25, -0.2) is 0 Å². The maximum Gasteiger partial charge on any atom is 0.256 e. The molecule has 1 aromatic carbocycles. The number of hydrogen-bond donors (Lipinski definition) is 2. The molecular formula is C14H20N2O2. The molecule has 0 atom stereocenters. The Kier molecular flexibility index (Phi) is 3.75. The number of nitrogen functional groups attached to an aromatic ring is 1. The number of aromatic hydroxyl groups is 1. The Balaban J connectivity index is 2.25. The highest BCUT2D eigenvalue weighted by Crippen LogP contribution is 2.27. The highest BCUT2D eigenvalue weighted by molar-refractivity contribution is 5.99. The second kappa shape index (κ2) is 5.29. The maximum absolute atomic E-state index is 12.5. The summed E-state index contributed by atoms with van der Waals surface area (Å²) in [5, 5.41) is 9.48. The molecule has 0 unspecified atom stereocenters. The number of amides is 1. The van der Waals surface area contributed by atoms with Gasteiger partial charge in [0.2, 0.25) is 0 Å². The van der Waals surface area contributed by atoms with Crippen LogP contribution in [0, 0.1) is 0 Å². The minimum Gasteiger partial charge on any atom is -0.508 e. The number of benzene rings is 1. The van der Waals surface area contributed by atoms with E-state index < -0.39 is 0 Å². The molecule has 0 saturated heterocycles. The zero-order valence-corrected chi connectivity index (χ0v) is 10.7. The van der Waals surface area contributed by atoms with Gasteiger partial charge in [0.25, 0.3) is 5.91 Å². The summed E-state index contributed by atoms with van der Waals surface area (Å²) in [6.07, 6.45) is 4.50. The van der Waals surface area contributed by atoms with Crippen LogP contribution in [0.4, 0.5) is 5.69 Å². The Labute approximate surface area is 107 Å². The van der Waals surface area contributed by atoms with Gasteiger partial charge in [-0.2, -0.15) is 0 Å². The molecule has 0 heterocycles. The number of hydrogen-bond acceptors (Lipinski definition) is 3. The molecule has 0 bridgehead atoms. The summed E-state index contributed by atoms with van der Waals surface area (Å²) in [5.41, 5.74) is 6.65. The number of rotatable bonds is 3. The van der Waals surface area contributed by atoms with E-state index in [2.05, 4.69) is 0 Å². The van der Waals surface area contributed by atoms with Gasteiger partial charge in [0.15, 0.2) is 0 Å². The van der Waals surface area contributed by atoms with E-state index in [-0.39, 0.29) is 11.7 Å². The van der Waals surface area contributed by atoms with Gasteiger partial charge in [0, 0.05) is 18.3 Å². The number of nitrogens with two attached hydrogens (primary N) is 1. The normalized spacial score (nSPS) is 15.8. The van der Waals surface area contributed by atoms with Crippen molar-refractivity contribution in [3.63, 3.8) is 0 Å². The molecule has 1 aliphatic rings. The molecule has 18 heavy (non-hydrogen) atoms. The number of anilines is 1. The van der Waals surface area contributed by atoms with Gasteiger partial charge in [-0.3, -0.25) is 4.79 Å². The average molecular weight is 248 g/mol. The summed E-state index contributed by atoms with van der Waals surface area (Å²) in [6, 6.07) is 4.85. The lowest BCUT2D eigenvalue weighted by Crippen LogP contribution is -2.38. The summed E-state index contributed by atoms with van der Waals surface area (Å²) in [5.74, 6) is 0.00725. The summed E-state index contributed by atoms with van der Waals surface area (Å²) in [7, 11) is 0. The predicted molar refractivity (Wildman–Crippen MR) is 71.5 cm³/mol. The molecule has 1 amide bonds. The van der Waals surface area contributed by atoms with E-state index in [1.165, 1.54) is 25.0 Å². The lowest BCUT2D eigenvalue weighted by Gasteiger charge is -2.28. The van der Waals surface area contributed by atoms with E-state index in [1.807, 2.05) is 11.8 Å². The smallest absolute Gasteiger partial charge is 0.256 e. The second-order valence-electron chi connectivity index (χ2n) is 4.80. The van der Waals surface area contributed by atoms with Crippen LogP contribution in [0.2, 0.25) is 0 Å². The van der Waals surface area contributed by atoms with Crippen LogP contribution in [0.3, 0.4) is 0 Å². The van der Waals surface area contributed by atoms with Gasteiger partial charge in [0.05, 0.1) is 5.56 Å². The van der Waals surface area contributed by atoms with Gasteiger partial charge >= 0.3 is 0 Å². The van der Waals surface area contributed by atoms with Crippen molar-refractivity contribution in [2.45, 2.75) is 38.6 Å². The Morgan fingerprint density at radius 2 is 2.11 bits per heavy atom. The first-order valence-electron chi connectivity index (χ1n) is 6.53. The van der Waals surface area contributed by atoms with Gasteiger partial charge in [-0.15, -0.1) is 0 Å². The van der Waals surface area contributed by atoms with Crippen molar-refractivity contribution in [3.8, 4) is 5.75 Å². The zero-order chi connectivity index (χ0) is 13.1. The highest BCUT2D eigenvalue weighted by atomic mass is 16.3. The summed E-state index contributed by atoms with van der Waals surface area (Å²) in [6.45, 7) is 2.66. The first-order valence-corrected chi connectivity index (χ1v) is 6.53. The van der Waals surface area contributed by atoms with Crippen molar-refractivity contribution >= 4 is 11.6 Å². The predicted octanol–water partition coefficient (Wildman–Crippen LogP) is 2.38. The fourth-order valence-electron chi connectivity index (χ4n) is 2.67. The van der Waals surface area contributed by atoms with Crippen LogP contribution in [0.15, 0.2) is 18.2 Å². The molecule has 1 saturated carbocycles. The Hall–Kier alpha value is -1.71. The first-order chi connectivity index (χ1) is 8.63. The van der Waals surface area contributed by atoms with Gasteiger partial charge in [0.1, 0.15) is 5.75 Å². The molecule has 4 heteroatoms. The van der Waals surface area contributed by atoms with E-state index in [4.69, 9.17) is 5.73 Å². The van der Waals surface area contributed by atoms with Crippen molar-refractivity contribution < 1.29 is 9.90 Å². The zero-order valence-electron chi connectivity index (χ0n) is 10.7. The molecule has 3 N–H and O–H groups in total. The third kappa shape index (κ3) is 2.42. The molecule has 1 aromatic rings. The molecule has 0 aromatic heterocycles. The van der Waals surface area contributed by atoms with E-state index in [0.29, 0.717) is 23.8 Å². The average Bonchev–Trinajstić information content (AvgIpc) is 2.87. The second-order valence-corrected chi connectivity index (χ2v) is 4.80. The molecule has 1 aliphatic carbocycles. The standard InChI is InChI=1S/C14H20N2O2/c1-2-16(10-5-3-4-6-10)14(18)12-9-11(17)7-8-13(12)15/h7-10,17H,2-6,15H2,1H3. The fraction of sp³-hybridized carbons (Fsp3) is 0.500. The van der Waals surface area contributed by atoms with E-state index in [9.17, 15) is 9.90 Å². The van der Waals surface area contributed by atoms with Gasteiger partial charge < -0.3 is 15.7 Å². The fourth-order valence-corrected chi connectivity index (χ4v) is 2.67. The van der Waals surface area contributed by atoms with Crippen LogP contribution >= 0.6 is 0 Å². The molecule has 1 fully saturated rings. The van der Waals surface area contributed by atoms with Gasteiger partial charge in [-0.05, 0) is 38.0 Å². The minimum atomic E-state index is -0.0715. The third-order valence-corrected chi connectivity index (χ3v) is 3.63. The lowest BCUT2D eigenvalue weighted by atomic mass is 10.1. The van der Waals surface area contributed by atoms with Crippen LogP contribution in [-0.4, -0.2) is 28.5 Å². The van der Waals surface area contributed by atoms with Crippen LogP contribution in [-0.2, 0) is 0 Å². The quantitative estimate of drug-likeness (QED) is 0.637. The van der Waals surface area contributed by atoms with Crippen molar-refractivity contribution in [1.82, 2.24) is 4.90 Å². The molecule has 0 aliphatic heterocycles. The summed E-state index contributed by atoms with van der Waals surface area (Å²) >= 11 is 0. The third-order valence-electron chi connectivity index (χ3n) is 3.63. The number of phenols is 1. The molecule has 0 spiro atoms. The molecule has 4 nitrogen and oxygen atoms in total. The van der Waals surface area contributed by atoms with Crippen LogP contribution < -0.4 is 5.73 Å². The monoisotopic (exact) mass is 248 g/mol. The highest BCUT2D eigenvalue weighted by Gasteiger charge is 2.27. The largest absolute Gasteiger partial charge is 0.508 e. The minimum absolute atomic E-state index is 0.0715. The van der Waals surface area contributed by atoms with Crippen LogP contribution in [0.1, 0.15) is 43.0 Å². The maximum atomic E-state index is 12.5.